The number of aliphatic carboxylic acids is 1. The molecule has 2 bridgehead atoms. The summed E-state index contributed by atoms with van der Waals surface area (Å²) in [6.07, 6.45) is 2.45. The Kier molecular flexibility index (Phi) is 8.84. The number of carbonyl (C=O) groups is 3. The van der Waals surface area contributed by atoms with Crippen molar-refractivity contribution < 1.29 is 28.7 Å². The molecule has 2 heterocycles. The van der Waals surface area contributed by atoms with Crippen LogP contribution in [0.25, 0.3) is 0 Å². The Hall–Kier alpha value is -2.03. The SMILES string of the molecule is CN(Cc1ccccc1)C(=O)[C@@H]1C[C@H]2CC[C@@]1(CCC(=O)CC(CC(=O)O)O[Si](C)(C)C(C)(C)C)O2. The second-order valence-electron chi connectivity index (χ2n) is 12.2. The molecule has 8 heteroatoms. The molecule has 36 heavy (non-hydrogen) atoms. The minimum absolute atomic E-state index is 0.0304. The number of amides is 1. The maximum absolute atomic E-state index is 13.4. The molecule has 0 radical (unpaired) electrons. The molecule has 1 aromatic carbocycles. The number of rotatable bonds is 12. The number of carbonyl (C=O) groups excluding carboxylic acids is 2. The molecule has 0 aliphatic carbocycles. The minimum atomic E-state index is -2.23. The van der Waals surface area contributed by atoms with Gasteiger partial charge in [0.15, 0.2) is 8.32 Å². The summed E-state index contributed by atoms with van der Waals surface area (Å²) in [5.41, 5.74) is 0.471. The Labute approximate surface area is 216 Å². The van der Waals surface area contributed by atoms with Gasteiger partial charge in [0.2, 0.25) is 5.91 Å². The van der Waals surface area contributed by atoms with Gasteiger partial charge in [-0.05, 0) is 49.4 Å². The number of carboxylic acids is 1. The van der Waals surface area contributed by atoms with E-state index in [9.17, 15) is 19.5 Å². The predicted octanol–water partition coefficient (Wildman–Crippen LogP) is 5.19. The molecular formula is C28H43NO6Si. The van der Waals surface area contributed by atoms with Crippen LogP contribution in [0.3, 0.4) is 0 Å². The van der Waals surface area contributed by atoms with E-state index in [1.54, 1.807) is 4.90 Å². The average Bonchev–Trinajstić information content (AvgIpc) is 3.35. The molecule has 2 aliphatic rings. The molecule has 1 amide bonds. The lowest BCUT2D eigenvalue weighted by atomic mass is 9.74. The van der Waals surface area contributed by atoms with Crippen molar-refractivity contribution in [1.82, 2.24) is 4.90 Å². The van der Waals surface area contributed by atoms with E-state index in [1.807, 2.05) is 37.4 Å². The highest BCUT2D eigenvalue weighted by atomic mass is 28.4. The monoisotopic (exact) mass is 517 g/mol. The van der Waals surface area contributed by atoms with Gasteiger partial charge in [0, 0.05) is 26.4 Å². The zero-order chi connectivity index (χ0) is 26.7. The molecule has 0 spiro atoms. The summed E-state index contributed by atoms with van der Waals surface area (Å²) in [5.74, 6) is -1.18. The Morgan fingerprint density at radius 1 is 1.19 bits per heavy atom. The van der Waals surface area contributed by atoms with Gasteiger partial charge in [-0.2, -0.15) is 0 Å². The van der Waals surface area contributed by atoms with Gasteiger partial charge in [0.25, 0.3) is 0 Å². The number of nitrogens with zero attached hydrogens (tertiary/aromatic N) is 1. The Balaban J connectivity index is 1.62. The Morgan fingerprint density at radius 3 is 2.44 bits per heavy atom. The summed E-state index contributed by atoms with van der Waals surface area (Å²) >= 11 is 0. The molecule has 200 valence electrons. The first kappa shape index (κ1) is 28.5. The highest BCUT2D eigenvalue weighted by Gasteiger charge is 2.56. The van der Waals surface area contributed by atoms with Crippen LogP contribution in [-0.4, -0.2) is 60.8 Å². The van der Waals surface area contributed by atoms with Crippen LogP contribution in [-0.2, 0) is 30.1 Å². The van der Waals surface area contributed by atoms with Crippen molar-refractivity contribution in [2.24, 2.45) is 5.92 Å². The lowest BCUT2D eigenvalue weighted by Crippen LogP contribution is -2.45. The van der Waals surface area contributed by atoms with E-state index in [4.69, 9.17) is 9.16 Å². The third kappa shape index (κ3) is 6.84. The summed E-state index contributed by atoms with van der Waals surface area (Å²) < 4.78 is 12.6. The van der Waals surface area contributed by atoms with Gasteiger partial charge in [-0.15, -0.1) is 0 Å². The summed E-state index contributed by atoms with van der Waals surface area (Å²) in [6, 6.07) is 9.91. The molecule has 7 nitrogen and oxygen atoms in total. The van der Waals surface area contributed by atoms with E-state index in [0.717, 1.165) is 18.4 Å². The van der Waals surface area contributed by atoms with E-state index in [2.05, 4.69) is 33.9 Å². The van der Waals surface area contributed by atoms with Crippen molar-refractivity contribution in [1.29, 1.82) is 0 Å². The Bertz CT molecular complexity index is 943. The van der Waals surface area contributed by atoms with Crippen LogP contribution in [0.4, 0.5) is 0 Å². The molecule has 3 rings (SSSR count). The molecule has 1 N–H and O–H groups in total. The van der Waals surface area contributed by atoms with E-state index < -0.39 is 26.0 Å². The fourth-order valence-corrected chi connectivity index (χ4v) is 6.64. The van der Waals surface area contributed by atoms with Crippen molar-refractivity contribution in [2.75, 3.05) is 7.05 Å². The molecule has 4 atom stereocenters. The Morgan fingerprint density at radius 2 is 1.86 bits per heavy atom. The van der Waals surface area contributed by atoms with Crippen molar-refractivity contribution >= 4 is 26.0 Å². The number of carboxylic acid groups (broad SMARTS) is 1. The molecule has 0 aromatic heterocycles. The average molecular weight is 518 g/mol. The normalized spacial score (nSPS) is 24.5. The maximum Gasteiger partial charge on any atom is 0.305 e. The second-order valence-corrected chi connectivity index (χ2v) is 16.9. The van der Waals surface area contributed by atoms with E-state index in [-0.39, 0.29) is 48.0 Å². The fraction of sp³-hybridized carbons (Fsp3) is 0.679. The third-order valence-corrected chi connectivity index (χ3v) is 12.8. The molecule has 2 aliphatic heterocycles. The van der Waals surface area contributed by atoms with Gasteiger partial charge >= 0.3 is 5.97 Å². The lowest BCUT2D eigenvalue weighted by molar-refractivity contribution is -0.142. The molecule has 2 saturated heterocycles. The standard InChI is InChI=1S/C28H43NO6Si/c1-27(2,3)36(5,6)35-23(18-25(31)32)16-21(30)12-14-28-15-13-22(34-28)17-24(28)26(33)29(4)19-20-10-8-7-9-11-20/h7-11,22-24H,12-19H2,1-6H3,(H,31,32)/t22-,23?,24+,28-/m1/s1. The van der Waals surface area contributed by atoms with Crippen molar-refractivity contribution in [2.45, 2.75) is 108 Å². The number of benzene rings is 1. The first-order chi connectivity index (χ1) is 16.7. The number of hydrogen-bond donors (Lipinski definition) is 1. The predicted molar refractivity (Wildman–Crippen MR) is 141 cm³/mol. The van der Waals surface area contributed by atoms with Crippen LogP contribution in [0, 0.1) is 5.92 Å². The first-order valence-corrected chi connectivity index (χ1v) is 16.0. The summed E-state index contributed by atoms with van der Waals surface area (Å²) in [7, 11) is -0.398. The number of fused-ring (bicyclic) bond motifs is 2. The maximum atomic E-state index is 13.4. The molecule has 2 fully saturated rings. The van der Waals surface area contributed by atoms with E-state index in [1.165, 1.54) is 0 Å². The van der Waals surface area contributed by atoms with Crippen LogP contribution in [0.1, 0.15) is 71.3 Å². The van der Waals surface area contributed by atoms with Crippen molar-refractivity contribution in [3.05, 3.63) is 35.9 Å². The van der Waals surface area contributed by atoms with Crippen LogP contribution in [0.15, 0.2) is 30.3 Å². The molecule has 1 unspecified atom stereocenters. The zero-order valence-electron chi connectivity index (χ0n) is 22.7. The number of ether oxygens (including phenoxy) is 1. The van der Waals surface area contributed by atoms with Crippen LogP contribution in [0.5, 0.6) is 0 Å². The topological polar surface area (TPSA) is 93.1 Å². The van der Waals surface area contributed by atoms with Gasteiger partial charge in [0.05, 0.1) is 30.1 Å². The third-order valence-electron chi connectivity index (χ3n) is 8.31. The zero-order valence-corrected chi connectivity index (χ0v) is 23.7. The first-order valence-electron chi connectivity index (χ1n) is 13.1. The van der Waals surface area contributed by atoms with Gasteiger partial charge < -0.3 is 19.2 Å². The number of Topliss-reactive ketones (excluding diaryl/α,β-unsaturated/α-hetero) is 1. The summed E-state index contributed by atoms with van der Waals surface area (Å²) in [5, 5.41) is 9.32. The van der Waals surface area contributed by atoms with Gasteiger partial charge in [-0.1, -0.05) is 51.1 Å². The van der Waals surface area contributed by atoms with Gasteiger partial charge in [-0.25, -0.2) is 0 Å². The largest absolute Gasteiger partial charge is 0.481 e. The number of hydrogen-bond acceptors (Lipinski definition) is 5. The van der Waals surface area contributed by atoms with E-state index in [0.29, 0.717) is 19.4 Å². The van der Waals surface area contributed by atoms with Crippen molar-refractivity contribution in [3.8, 4) is 0 Å². The number of ketones is 1. The summed E-state index contributed by atoms with van der Waals surface area (Å²) in [6.45, 7) is 11.0. The molecular weight excluding hydrogens is 474 g/mol. The van der Waals surface area contributed by atoms with E-state index >= 15 is 0 Å². The van der Waals surface area contributed by atoms with Gasteiger partial charge in [0.1, 0.15) is 5.78 Å². The highest BCUT2D eigenvalue weighted by molar-refractivity contribution is 6.74. The van der Waals surface area contributed by atoms with Gasteiger partial charge in [-0.3, -0.25) is 14.4 Å². The smallest absolute Gasteiger partial charge is 0.305 e. The minimum Gasteiger partial charge on any atom is -0.481 e. The second kappa shape index (κ2) is 11.2. The highest BCUT2D eigenvalue weighted by Crippen LogP contribution is 2.51. The van der Waals surface area contributed by atoms with Crippen LogP contribution >= 0.6 is 0 Å². The van der Waals surface area contributed by atoms with Crippen LogP contribution < -0.4 is 0 Å². The molecule has 0 saturated carbocycles. The summed E-state index contributed by atoms with van der Waals surface area (Å²) in [4.78, 5) is 39.7. The van der Waals surface area contributed by atoms with Crippen LogP contribution in [0.2, 0.25) is 18.1 Å². The quantitative estimate of drug-likeness (QED) is 0.384. The van der Waals surface area contributed by atoms with Crippen molar-refractivity contribution in [3.63, 3.8) is 0 Å². The lowest BCUT2D eigenvalue weighted by Gasteiger charge is -2.39. The fourth-order valence-electron chi connectivity index (χ4n) is 5.29. The molecule has 1 aromatic rings.